The summed E-state index contributed by atoms with van der Waals surface area (Å²) in [7, 11) is 1.55. The molecular formula is C22H36O5. The summed E-state index contributed by atoms with van der Waals surface area (Å²) in [5.41, 5.74) is 0.879. The highest BCUT2D eigenvalue weighted by atomic mass is 16.5. The van der Waals surface area contributed by atoms with E-state index in [4.69, 9.17) is 9.47 Å². The van der Waals surface area contributed by atoms with Crippen molar-refractivity contribution in [3.05, 3.63) is 23.8 Å². The molecule has 0 bridgehead atoms. The number of esters is 1. The minimum atomic E-state index is -0.293. The molecule has 0 spiro atoms. The summed E-state index contributed by atoms with van der Waals surface area (Å²) in [4.78, 5) is 11.4. The lowest BCUT2D eigenvalue weighted by Crippen LogP contribution is -2.19. The molecule has 5 heteroatoms. The van der Waals surface area contributed by atoms with Crippen molar-refractivity contribution in [3.63, 3.8) is 0 Å². The summed E-state index contributed by atoms with van der Waals surface area (Å²) >= 11 is 0. The van der Waals surface area contributed by atoms with E-state index in [0.29, 0.717) is 12.2 Å². The van der Waals surface area contributed by atoms with E-state index in [1.807, 2.05) is 6.07 Å². The standard InChI is InChI=1S/C22H36O5/c1-4-5-7-10-19(24)11-8-6-9-12-21(27-17(2)23)14-18-13-20(25)16-22(15-18)26-3/h13,15-16,19,21,24-25H,4-12,14H2,1-3H3/t19-,21+/m0/s1. The molecule has 1 aromatic carbocycles. The van der Waals surface area contributed by atoms with Crippen LogP contribution in [0.3, 0.4) is 0 Å². The molecule has 0 aromatic heterocycles. The zero-order valence-corrected chi connectivity index (χ0v) is 17.1. The number of hydrogen-bond donors (Lipinski definition) is 2. The van der Waals surface area contributed by atoms with E-state index in [-0.39, 0.29) is 23.9 Å². The average molecular weight is 381 g/mol. The largest absolute Gasteiger partial charge is 0.508 e. The van der Waals surface area contributed by atoms with Crippen LogP contribution in [0.2, 0.25) is 0 Å². The summed E-state index contributed by atoms with van der Waals surface area (Å²) in [5, 5.41) is 19.8. The van der Waals surface area contributed by atoms with E-state index in [1.165, 1.54) is 19.8 Å². The van der Waals surface area contributed by atoms with Gasteiger partial charge in [0.1, 0.15) is 17.6 Å². The third kappa shape index (κ3) is 10.9. The van der Waals surface area contributed by atoms with E-state index in [9.17, 15) is 15.0 Å². The third-order valence-corrected chi connectivity index (χ3v) is 4.69. The van der Waals surface area contributed by atoms with Gasteiger partial charge in [-0.05, 0) is 43.4 Å². The van der Waals surface area contributed by atoms with Crippen molar-refractivity contribution in [2.45, 2.75) is 90.3 Å². The van der Waals surface area contributed by atoms with Crippen molar-refractivity contribution in [1.29, 1.82) is 0 Å². The predicted molar refractivity (Wildman–Crippen MR) is 107 cm³/mol. The number of hydrogen-bond acceptors (Lipinski definition) is 5. The third-order valence-electron chi connectivity index (χ3n) is 4.69. The van der Waals surface area contributed by atoms with E-state index in [1.54, 1.807) is 19.2 Å². The predicted octanol–water partition coefficient (Wildman–Crippen LogP) is 4.77. The number of carbonyl (C=O) groups is 1. The molecule has 2 N–H and O–H groups in total. The van der Waals surface area contributed by atoms with Crippen LogP contribution in [-0.2, 0) is 16.0 Å². The first-order valence-electron chi connectivity index (χ1n) is 10.2. The number of phenolic OH excluding ortho intramolecular Hbond substituents is 1. The van der Waals surface area contributed by atoms with Crippen LogP contribution in [-0.4, -0.2) is 35.5 Å². The van der Waals surface area contributed by atoms with Crippen molar-refractivity contribution in [1.82, 2.24) is 0 Å². The fraction of sp³-hybridized carbons (Fsp3) is 0.682. The number of unbranched alkanes of at least 4 members (excludes halogenated alkanes) is 4. The molecule has 0 unspecified atom stereocenters. The summed E-state index contributed by atoms with van der Waals surface area (Å²) < 4.78 is 10.6. The van der Waals surface area contributed by atoms with Gasteiger partial charge in [0.15, 0.2) is 0 Å². The Balaban J connectivity index is 2.40. The lowest BCUT2D eigenvalue weighted by Gasteiger charge is -2.18. The number of methoxy groups -OCH3 is 1. The van der Waals surface area contributed by atoms with Gasteiger partial charge in [-0.2, -0.15) is 0 Å². The number of carbonyl (C=O) groups excluding carboxylic acids is 1. The fourth-order valence-corrected chi connectivity index (χ4v) is 3.28. The smallest absolute Gasteiger partial charge is 0.302 e. The topological polar surface area (TPSA) is 76.0 Å². The van der Waals surface area contributed by atoms with Gasteiger partial charge in [0.05, 0.1) is 13.2 Å². The molecule has 0 amide bonds. The van der Waals surface area contributed by atoms with Gasteiger partial charge in [-0.1, -0.05) is 39.0 Å². The van der Waals surface area contributed by atoms with E-state index in [2.05, 4.69) is 6.92 Å². The SMILES string of the molecule is CCCCC[C@H](O)CCCCC[C@H](Cc1cc(O)cc(OC)c1)OC(C)=O. The molecule has 0 saturated heterocycles. The molecule has 0 fully saturated rings. The van der Waals surface area contributed by atoms with Crippen molar-refractivity contribution in [2.75, 3.05) is 7.11 Å². The van der Waals surface area contributed by atoms with Crippen LogP contribution in [0.4, 0.5) is 0 Å². The minimum absolute atomic E-state index is 0.142. The van der Waals surface area contributed by atoms with Crippen molar-refractivity contribution in [3.8, 4) is 11.5 Å². The van der Waals surface area contributed by atoms with Crippen LogP contribution >= 0.6 is 0 Å². The minimum Gasteiger partial charge on any atom is -0.508 e. The molecular weight excluding hydrogens is 344 g/mol. The number of aliphatic hydroxyl groups is 1. The number of phenols is 1. The monoisotopic (exact) mass is 380 g/mol. The van der Waals surface area contributed by atoms with E-state index < -0.39 is 0 Å². The summed E-state index contributed by atoms with van der Waals surface area (Å²) in [6, 6.07) is 5.07. The van der Waals surface area contributed by atoms with Gasteiger partial charge in [-0.25, -0.2) is 0 Å². The van der Waals surface area contributed by atoms with Crippen LogP contribution in [0.5, 0.6) is 11.5 Å². The summed E-state index contributed by atoms with van der Waals surface area (Å²) in [5.74, 6) is 0.435. The van der Waals surface area contributed by atoms with E-state index in [0.717, 1.165) is 50.5 Å². The first-order valence-corrected chi connectivity index (χ1v) is 10.2. The highest BCUT2D eigenvalue weighted by Crippen LogP contribution is 2.24. The maximum Gasteiger partial charge on any atom is 0.302 e. The zero-order valence-electron chi connectivity index (χ0n) is 17.1. The molecule has 0 heterocycles. The first kappa shape index (κ1) is 23.3. The van der Waals surface area contributed by atoms with Gasteiger partial charge >= 0.3 is 5.97 Å². The Morgan fingerprint density at radius 2 is 1.70 bits per heavy atom. The molecule has 0 aliphatic carbocycles. The van der Waals surface area contributed by atoms with Gasteiger partial charge in [0.25, 0.3) is 0 Å². The summed E-state index contributed by atoms with van der Waals surface area (Å²) in [6.45, 7) is 3.58. The Bertz CT molecular complexity index is 544. The van der Waals surface area contributed by atoms with Gasteiger partial charge in [0.2, 0.25) is 0 Å². The molecule has 2 atom stereocenters. The molecule has 154 valence electrons. The summed E-state index contributed by atoms with van der Waals surface area (Å²) in [6.07, 6.45) is 9.02. The van der Waals surface area contributed by atoms with Crippen LogP contribution in [0, 0.1) is 0 Å². The van der Waals surface area contributed by atoms with Gasteiger partial charge in [-0.3, -0.25) is 4.79 Å². The Hall–Kier alpha value is -1.75. The highest BCUT2D eigenvalue weighted by molar-refractivity contribution is 5.66. The van der Waals surface area contributed by atoms with Crippen LogP contribution in [0.1, 0.15) is 77.2 Å². The maximum absolute atomic E-state index is 11.4. The van der Waals surface area contributed by atoms with Gasteiger partial charge in [-0.15, -0.1) is 0 Å². The molecule has 0 aliphatic heterocycles. The average Bonchev–Trinajstić information content (AvgIpc) is 2.60. The Morgan fingerprint density at radius 1 is 1.04 bits per heavy atom. The molecule has 1 aromatic rings. The second-order valence-corrected chi connectivity index (χ2v) is 7.26. The molecule has 0 aliphatic rings. The molecule has 1 rings (SSSR count). The Morgan fingerprint density at radius 3 is 2.33 bits per heavy atom. The number of aliphatic hydroxyl groups excluding tert-OH is 1. The Kier molecular flexibility index (Phi) is 11.6. The number of aromatic hydroxyl groups is 1. The fourth-order valence-electron chi connectivity index (χ4n) is 3.28. The van der Waals surface area contributed by atoms with Crippen LogP contribution in [0.25, 0.3) is 0 Å². The van der Waals surface area contributed by atoms with Crippen molar-refractivity contribution in [2.24, 2.45) is 0 Å². The number of rotatable bonds is 14. The van der Waals surface area contributed by atoms with E-state index >= 15 is 0 Å². The number of benzene rings is 1. The second kappa shape index (κ2) is 13.4. The Labute approximate surface area is 163 Å². The normalized spacial score (nSPS) is 13.2. The molecule has 5 nitrogen and oxygen atoms in total. The highest BCUT2D eigenvalue weighted by Gasteiger charge is 2.14. The molecule has 0 radical (unpaired) electrons. The molecule has 0 saturated carbocycles. The number of ether oxygens (including phenoxy) is 2. The quantitative estimate of drug-likeness (QED) is 0.359. The van der Waals surface area contributed by atoms with Crippen LogP contribution < -0.4 is 4.74 Å². The van der Waals surface area contributed by atoms with Crippen molar-refractivity contribution >= 4 is 5.97 Å². The first-order chi connectivity index (χ1) is 12.9. The van der Waals surface area contributed by atoms with Crippen LogP contribution in [0.15, 0.2) is 18.2 Å². The lowest BCUT2D eigenvalue weighted by molar-refractivity contribution is -0.146. The maximum atomic E-state index is 11.4. The van der Waals surface area contributed by atoms with Gasteiger partial charge in [0, 0.05) is 19.4 Å². The second-order valence-electron chi connectivity index (χ2n) is 7.26. The van der Waals surface area contributed by atoms with Gasteiger partial charge < -0.3 is 19.7 Å². The zero-order chi connectivity index (χ0) is 20.1. The molecule has 27 heavy (non-hydrogen) atoms. The van der Waals surface area contributed by atoms with Crippen molar-refractivity contribution < 1.29 is 24.5 Å². The lowest BCUT2D eigenvalue weighted by atomic mass is 10.00.